The van der Waals surface area contributed by atoms with E-state index in [-0.39, 0.29) is 0 Å². The van der Waals surface area contributed by atoms with E-state index in [0.29, 0.717) is 6.61 Å². The molecule has 0 N–H and O–H groups in total. The molecule has 1 aromatic heterocycles. The Labute approximate surface area is 106 Å². The van der Waals surface area contributed by atoms with Crippen LogP contribution in [0.2, 0.25) is 0 Å². The van der Waals surface area contributed by atoms with E-state index >= 15 is 0 Å². The van der Waals surface area contributed by atoms with E-state index in [1.807, 2.05) is 17.5 Å². The lowest BCUT2D eigenvalue weighted by Crippen LogP contribution is -1.90. The zero-order valence-electron chi connectivity index (χ0n) is 10.0. The molecule has 0 spiro atoms. The number of hydrogen-bond acceptors (Lipinski definition) is 3. The second kappa shape index (κ2) is 5.64. The zero-order chi connectivity index (χ0) is 12.1. The molecular weight excluding hydrogens is 230 g/mol. The lowest BCUT2D eigenvalue weighted by atomic mass is 10.1. The molecule has 0 saturated carbocycles. The van der Waals surface area contributed by atoms with Crippen molar-refractivity contribution < 1.29 is 4.84 Å². The molecule has 0 atom stereocenters. The quantitative estimate of drug-likeness (QED) is 0.591. The summed E-state index contributed by atoms with van der Waals surface area (Å²) in [5, 5.41) is 5.97. The predicted molar refractivity (Wildman–Crippen MR) is 72.6 cm³/mol. The molecule has 3 heteroatoms. The Morgan fingerprint density at radius 1 is 1.24 bits per heavy atom. The predicted octanol–water partition coefficient (Wildman–Crippen LogP) is 3.92. The summed E-state index contributed by atoms with van der Waals surface area (Å²) in [6.45, 7) is 4.70. The van der Waals surface area contributed by atoms with Crippen molar-refractivity contribution >= 4 is 17.6 Å². The van der Waals surface area contributed by atoms with Gasteiger partial charge in [0.25, 0.3) is 0 Å². The summed E-state index contributed by atoms with van der Waals surface area (Å²) in [6, 6.07) is 10.4. The van der Waals surface area contributed by atoms with Crippen LogP contribution < -0.4 is 0 Å². The first-order chi connectivity index (χ1) is 8.24. The summed E-state index contributed by atoms with van der Waals surface area (Å²) >= 11 is 1.64. The minimum absolute atomic E-state index is 0.518. The molecule has 0 aliphatic heterocycles. The maximum absolute atomic E-state index is 5.28. The average molecular weight is 245 g/mol. The van der Waals surface area contributed by atoms with E-state index in [1.165, 1.54) is 11.1 Å². The number of nitrogens with zero attached hydrogens (tertiary/aromatic N) is 1. The van der Waals surface area contributed by atoms with Crippen molar-refractivity contribution in [2.45, 2.75) is 20.5 Å². The van der Waals surface area contributed by atoms with Gasteiger partial charge in [0, 0.05) is 4.88 Å². The molecule has 2 nitrogen and oxygen atoms in total. The molecular formula is C14H15NOS. The fourth-order valence-electron chi connectivity index (χ4n) is 1.72. The van der Waals surface area contributed by atoms with E-state index in [9.17, 15) is 0 Å². The molecule has 17 heavy (non-hydrogen) atoms. The average Bonchev–Trinajstić information content (AvgIpc) is 2.76. The second-order valence-corrected chi connectivity index (χ2v) is 5.00. The monoisotopic (exact) mass is 245 g/mol. The molecule has 0 amide bonds. The van der Waals surface area contributed by atoms with E-state index in [4.69, 9.17) is 4.84 Å². The topological polar surface area (TPSA) is 21.6 Å². The third kappa shape index (κ3) is 3.71. The molecule has 0 fully saturated rings. The molecule has 0 aliphatic carbocycles. The van der Waals surface area contributed by atoms with Crippen molar-refractivity contribution in [3.05, 3.63) is 57.3 Å². The molecule has 0 bridgehead atoms. The molecule has 0 saturated heterocycles. The van der Waals surface area contributed by atoms with E-state index in [2.05, 4.69) is 37.2 Å². The zero-order valence-corrected chi connectivity index (χ0v) is 10.8. The number of rotatable bonds is 4. The van der Waals surface area contributed by atoms with Gasteiger partial charge in [-0.25, -0.2) is 0 Å². The van der Waals surface area contributed by atoms with Crippen LogP contribution in [0.25, 0.3) is 0 Å². The SMILES string of the molecule is Cc1cc(C)cc(CON=Cc2cccs2)c1. The first-order valence-corrected chi connectivity index (χ1v) is 6.38. The van der Waals surface area contributed by atoms with Crippen LogP contribution in [-0.2, 0) is 11.4 Å². The van der Waals surface area contributed by atoms with Crippen molar-refractivity contribution in [1.82, 2.24) is 0 Å². The van der Waals surface area contributed by atoms with Crippen LogP contribution >= 0.6 is 11.3 Å². The minimum atomic E-state index is 0.518. The Kier molecular flexibility index (Phi) is 3.94. The first-order valence-electron chi connectivity index (χ1n) is 5.50. The molecule has 0 aliphatic rings. The second-order valence-electron chi connectivity index (χ2n) is 4.02. The number of hydrogen-bond donors (Lipinski definition) is 0. The largest absolute Gasteiger partial charge is 0.391 e. The Hall–Kier alpha value is -1.61. The fraction of sp³-hybridized carbons (Fsp3) is 0.214. The smallest absolute Gasteiger partial charge is 0.142 e. The molecule has 1 heterocycles. The van der Waals surface area contributed by atoms with Gasteiger partial charge >= 0.3 is 0 Å². The maximum Gasteiger partial charge on any atom is 0.142 e. The highest BCUT2D eigenvalue weighted by atomic mass is 32.1. The Morgan fingerprint density at radius 2 is 2.00 bits per heavy atom. The highest BCUT2D eigenvalue weighted by molar-refractivity contribution is 7.11. The van der Waals surface area contributed by atoms with Gasteiger partial charge in [-0.2, -0.15) is 0 Å². The third-order valence-corrected chi connectivity index (χ3v) is 3.12. The van der Waals surface area contributed by atoms with Crippen molar-refractivity contribution in [1.29, 1.82) is 0 Å². The lowest BCUT2D eigenvalue weighted by Gasteiger charge is -2.03. The van der Waals surface area contributed by atoms with Crippen LogP contribution in [-0.4, -0.2) is 6.21 Å². The molecule has 88 valence electrons. The summed E-state index contributed by atoms with van der Waals surface area (Å²) < 4.78 is 0. The standard InChI is InChI=1S/C14H15NOS/c1-11-6-12(2)8-13(7-11)10-16-15-9-14-4-3-5-17-14/h3-9H,10H2,1-2H3. The molecule has 2 aromatic rings. The van der Waals surface area contributed by atoms with Crippen LogP contribution in [0.1, 0.15) is 21.6 Å². The van der Waals surface area contributed by atoms with E-state index in [0.717, 1.165) is 10.4 Å². The number of thiophene rings is 1. The minimum Gasteiger partial charge on any atom is -0.391 e. The Balaban J connectivity index is 1.90. The van der Waals surface area contributed by atoms with Gasteiger partial charge in [0.1, 0.15) is 6.61 Å². The highest BCUT2D eigenvalue weighted by Crippen LogP contribution is 2.10. The highest BCUT2D eigenvalue weighted by Gasteiger charge is 1.96. The fourth-order valence-corrected chi connectivity index (χ4v) is 2.29. The Bertz CT molecular complexity index is 483. The lowest BCUT2D eigenvalue weighted by molar-refractivity contribution is 0.132. The van der Waals surface area contributed by atoms with Gasteiger partial charge in [0.05, 0.1) is 6.21 Å². The molecule has 0 unspecified atom stereocenters. The summed E-state index contributed by atoms with van der Waals surface area (Å²) in [5.74, 6) is 0. The van der Waals surface area contributed by atoms with Crippen molar-refractivity contribution in [3.63, 3.8) is 0 Å². The summed E-state index contributed by atoms with van der Waals surface area (Å²) in [4.78, 5) is 6.38. The van der Waals surface area contributed by atoms with Gasteiger partial charge in [-0.15, -0.1) is 11.3 Å². The molecule has 1 aromatic carbocycles. The summed E-state index contributed by atoms with van der Waals surface area (Å²) in [7, 11) is 0. The van der Waals surface area contributed by atoms with E-state index in [1.54, 1.807) is 17.6 Å². The van der Waals surface area contributed by atoms with Gasteiger partial charge in [0.15, 0.2) is 0 Å². The van der Waals surface area contributed by atoms with Gasteiger partial charge in [0.2, 0.25) is 0 Å². The van der Waals surface area contributed by atoms with Gasteiger partial charge in [-0.3, -0.25) is 0 Å². The van der Waals surface area contributed by atoms with E-state index < -0.39 is 0 Å². The van der Waals surface area contributed by atoms with Crippen LogP contribution in [0.5, 0.6) is 0 Å². The van der Waals surface area contributed by atoms with Crippen LogP contribution in [0.4, 0.5) is 0 Å². The van der Waals surface area contributed by atoms with Gasteiger partial charge < -0.3 is 4.84 Å². The van der Waals surface area contributed by atoms with Crippen molar-refractivity contribution in [3.8, 4) is 0 Å². The third-order valence-electron chi connectivity index (χ3n) is 2.31. The number of oxime groups is 1. The first kappa shape index (κ1) is 11.9. The van der Waals surface area contributed by atoms with Crippen molar-refractivity contribution in [2.24, 2.45) is 5.16 Å². The summed E-state index contributed by atoms with van der Waals surface area (Å²) in [6.07, 6.45) is 1.74. The maximum atomic E-state index is 5.28. The number of benzene rings is 1. The number of aryl methyl sites for hydroxylation is 2. The van der Waals surface area contributed by atoms with Crippen LogP contribution in [0.15, 0.2) is 40.9 Å². The van der Waals surface area contributed by atoms with Crippen LogP contribution in [0.3, 0.4) is 0 Å². The van der Waals surface area contributed by atoms with Crippen LogP contribution in [0, 0.1) is 13.8 Å². The summed E-state index contributed by atoms with van der Waals surface area (Å²) in [5.41, 5.74) is 3.67. The molecule has 2 rings (SSSR count). The molecule has 0 radical (unpaired) electrons. The Morgan fingerprint density at radius 3 is 2.65 bits per heavy atom. The van der Waals surface area contributed by atoms with Gasteiger partial charge in [-0.05, 0) is 30.9 Å². The van der Waals surface area contributed by atoms with Gasteiger partial charge in [-0.1, -0.05) is 40.5 Å². The van der Waals surface area contributed by atoms with Crippen molar-refractivity contribution in [2.75, 3.05) is 0 Å². The normalized spacial score (nSPS) is 10.9.